The highest BCUT2D eigenvalue weighted by atomic mass is 32.1. The highest BCUT2D eigenvalue weighted by molar-refractivity contribution is 7.71. The lowest BCUT2D eigenvalue weighted by atomic mass is 10.1. The van der Waals surface area contributed by atoms with E-state index in [0.29, 0.717) is 28.3 Å². The Bertz CT molecular complexity index is 1060. The molecule has 0 radical (unpaired) electrons. The van der Waals surface area contributed by atoms with Gasteiger partial charge in [0.2, 0.25) is 5.91 Å². The van der Waals surface area contributed by atoms with Crippen LogP contribution in [0.3, 0.4) is 0 Å². The SMILES string of the molecule is COc1ccc(-c2n[nH]c(=S)n2CC(=O)NCCc2ccc(C(F)(F)F)cc2)cc1. The topological polar surface area (TPSA) is 71.9 Å². The van der Waals surface area contributed by atoms with Crippen LogP contribution in [-0.4, -0.2) is 34.3 Å². The van der Waals surface area contributed by atoms with Gasteiger partial charge in [-0.25, -0.2) is 0 Å². The van der Waals surface area contributed by atoms with E-state index in [2.05, 4.69) is 15.5 Å². The van der Waals surface area contributed by atoms with Crippen LogP contribution in [0.4, 0.5) is 13.2 Å². The number of nitrogens with one attached hydrogen (secondary N) is 2. The van der Waals surface area contributed by atoms with Gasteiger partial charge >= 0.3 is 6.18 Å². The summed E-state index contributed by atoms with van der Waals surface area (Å²) in [5, 5.41) is 9.61. The number of ether oxygens (including phenoxy) is 1. The number of halogens is 3. The van der Waals surface area contributed by atoms with Crippen LogP contribution in [0.15, 0.2) is 48.5 Å². The van der Waals surface area contributed by atoms with E-state index in [4.69, 9.17) is 17.0 Å². The fourth-order valence-corrected chi connectivity index (χ4v) is 3.03. The van der Waals surface area contributed by atoms with Crippen LogP contribution in [-0.2, 0) is 23.9 Å². The molecule has 0 saturated heterocycles. The Hall–Kier alpha value is -3.14. The van der Waals surface area contributed by atoms with E-state index in [-0.39, 0.29) is 19.0 Å². The van der Waals surface area contributed by atoms with Gasteiger partial charge in [-0.2, -0.15) is 18.3 Å². The third kappa shape index (κ3) is 5.26. The Morgan fingerprint density at radius 3 is 2.43 bits per heavy atom. The minimum absolute atomic E-state index is 0.0380. The lowest BCUT2D eigenvalue weighted by Gasteiger charge is -2.10. The summed E-state index contributed by atoms with van der Waals surface area (Å²) in [6.07, 6.45) is -3.95. The third-order valence-electron chi connectivity index (χ3n) is 4.43. The van der Waals surface area contributed by atoms with Gasteiger partial charge < -0.3 is 10.1 Å². The average Bonchev–Trinajstić information content (AvgIpc) is 3.08. The Kier molecular flexibility index (Phi) is 6.56. The largest absolute Gasteiger partial charge is 0.497 e. The molecule has 1 heterocycles. The normalized spacial score (nSPS) is 11.3. The Balaban J connectivity index is 1.59. The molecule has 0 saturated carbocycles. The number of alkyl halides is 3. The molecule has 158 valence electrons. The van der Waals surface area contributed by atoms with E-state index in [1.54, 1.807) is 23.8 Å². The van der Waals surface area contributed by atoms with Crippen LogP contribution in [0.2, 0.25) is 0 Å². The molecule has 1 amide bonds. The van der Waals surface area contributed by atoms with Crippen molar-refractivity contribution in [2.45, 2.75) is 19.1 Å². The molecular weight excluding hydrogens is 417 g/mol. The van der Waals surface area contributed by atoms with Gasteiger partial charge in [-0.15, -0.1) is 0 Å². The van der Waals surface area contributed by atoms with E-state index in [1.165, 1.54) is 12.1 Å². The molecule has 30 heavy (non-hydrogen) atoms. The first-order valence-electron chi connectivity index (χ1n) is 9.00. The maximum absolute atomic E-state index is 12.6. The molecule has 3 rings (SSSR count). The molecular formula is C20H19F3N4O2S. The summed E-state index contributed by atoms with van der Waals surface area (Å²) in [7, 11) is 1.57. The standard InChI is InChI=1S/C20H19F3N4O2S/c1-29-16-8-4-14(5-9-16)18-25-26-19(30)27(18)12-17(28)24-11-10-13-2-6-15(7-3-13)20(21,22)23/h2-9H,10-12H2,1H3,(H,24,28)(H,26,30). The number of hydrogen-bond donors (Lipinski definition) is 2. The van der Waals surface area contributed by atoms with Crippen molar-refractivity contribution in [1.82, 2.24) is 20.1 Å². The molecule has 0 aliphatic rings. The summed E-state index contributed by atoms with van der Waals surface area (Å²) in [5.41, 5.74) is 0.763. The number of methoxy groups -OCH3 is 1. The van der Waals surface area contributed by atoms with Crippen LogP contribution < -0.4 is 10.1 Å². The zero-order chi connectivity index (χ0) is 21.7. The first-order valence-corrected chi connectivity index (χ1v) is 9.41. The minimum Gasteiger partial charge on any atom is -0.497 e. The van der Waals surface area contributed by atoms with Crippen molar-refractivity contribution < 1.29 is 22.7 Å². The molecule has 2 N–H and O–H groups in total. The van der Waals surface area contributed by atoms with Gasteiger partial charge in [-0.3, -0.25) is 14.5 Å². The number of aromatic nitrogens is 3. The van der Waals surface area contributed by atoms with Gasteiger partial charge in [-0.05, 0) is 60.6 Å². The monoisotopic (exact) mass is 436 g/mol. The predicted molar refractivity (Wildman–Crippen MR) is 108 cm³/mol. The molecule has 0 bridgehead atoms. The van der Waals surface area contributed by atoms with Crippen LogP contribution in [0.1, 0.15) is 11.1 Å². The van der Waals surface area contributed by atoms with Crippen molar-refractivity contribution in [3.8, 4) is 17.1 Å². The summed E-state index contributed by atoms with van der Waals surface area (Å²) < 4.78 is 44.8. The molecule has 0 atom stereocenters. The van der Waals surface area contributed by atoms with Crippen LogP contribution in [0.5, 0.6) is 5.75 Å². The predicted octanol–water partition coefficient (Wildman–Crippen LogP) is 3.99. The summed E-state index contributed by atoms with van der Waals surface area (Å²) >= 11 is 5.22. The zero-order valence-corrected chi connectivity index (χ0v) is 16.8. The fraction of sp³-hybridized carbons (Fsp3) is 0.250. The summed E-state index contributed by atoms with van der Waals surface area (Å²) in [4.78, 5) is 12.3. The van der Waals surface area contributed by atoms with Gasteiger partial charge in [0.25, 0.3) is 0 Å². The fourth-order valence-electron chi connectivity index (χ4n) is 2.83. The first kappa shape index (κ1) is 21.6. The van der Waals surface area contributed by atoms with Crippen molar-refractivity contribution in [3.05, 3.63) is 64.4 Å². The molecule has 0 aliphatic heterocycles. The van der Waals surface area contributed by atoms with Crippen LogP contribution >= 0.6 is 12.2 Å². The van der Waals surface area contributed by atoms with Gasteiger partial charge in [0.1, 0.15) is 12.3 Å². The first-order chi connectivity index (χ1) is 14.3. The lowest BCUT2D eigenvalue weighted by molar-refractivity contribution is -0.137. The molecule has 0 aliphatic carbocycles. The van der Waals surface area contributed by atoms with Gasteiger partial charge in [-0.1, -0.05) is 12.1 Å². The molecule has 1 aromatic heterocycles. The summed E-state index contributed by atoms with van der Waals surface area (Å²) in [6, 6.07) is 12.0. The second-order valence-corrected chi connectivity index (χ2v) is 6.85. The van der Waals surface area contributed by atoms with Gasteiger partial charge in [0, 0.05) is 12.1 Å². The Morgan fingerprint density at radius 1 is 1.17 bits per heavy atom. The number of carbonyl (C=O) groups excluding carboxylic acids is 1. The van der Waals surface area contributed by atoms with E-state index in [1.807, 2.05) is 12.1 Å². The number of rotatable bonds is 7. The second-order valence-electron chi connectivity index (χ2n) is 6.46. The number of H-pyrrole nitrogens is 1. The Morgan fingerprint density at radius 2 is 1.83 bits per heavy atom. The van der Waals surface area contributed by atoms with E-state index >= 15 is 0 Å². The maximum atomic E-state index is 12.6. The second kappa shape index (κ2) is 9.12. The van der Waals surface area contributed by atoms with Crippen LogP contribution in [0, 0.1) is 4.77 Å². The van der Waals surface area contributed by atoms with E-state index in [9.17, 15) is 18.0 Å². The van der Waals surface area contributed by atoms with E-state index in [0.717, 1.165) is 17.7 Å². The molecule has 10 heteroatoms. The number of aromatic amines is 1. The number of hydrogen-bond acceptors (Lipinski definition) is 4. The summed E-state index contributed by atoms with van der Waals surface area (Å²) in [5.74, 6) is 0.926. The van der Waals surface area contributed by atoms with Crippen molar-refractivity contribution in [2.75, 3.05) is 13.7 Å². The molecule has 3 aromatic rings. The van der Waals surface area contributed by atoms with Crippen molar-refractivity contribution in [2.24, 2.45) is 0 Å². The average molecular weight is 436 g/mol. The number of carbonyl (C=O) groups is 1. The van der Waals surface area contributed by atoms with Crippen molar-refractivity contribution in [3.63, 3.8) is 0 Å². The van der Waals surface area contributed by atoms with Gasteiger partial charge in [0.05, 0.1) is 12.7 Å². The minimum atomic E-state index is -4.36. The molecule has 6 nitrogen and oxygen atoms in total. The van der Waals surface area contributed by atoms with E-state index < -0.39 is 11.7 Å². The molecule has 2 aromatic carbocycles. The van der Waals surface area contributed by atoms with Crippen molar-refractivity contribution in [1.29, 1.82) is 0 Å². The number of nitrogens with zero attached hydrogens (tertiary/aromatic N) is 2. The maximum Gasteiger partial charge on any atom is 0.416 e. The summed E-state index contributed by atoms with van der Waals surface area (Å²) in [6.45, 7) is 0.247. The van der Waals surface area contributed by atoms with Crippen molar-refractivity contribution >= 4 is 18.1 Å². The third-order valence-corrected chi connectivity index (χ3v) is 4.74. The number of benzene rings is 2. The molecule has 0 spiro atoms. The van der Waals surface area contributed by atoms with Crippen LogP contribution in [0.25, 0.3) is 11.4 Å². The molecule has 0 unspecified atom stereocenters. The highest BCUT2D eigenvalue weighted by Gasteiger charge is 2.29. The Labute approximate surface area is 175 Å². The highest BCUT2D eigenvalue weighted by Crippen LogP contribution is 2.29. The van der Waals surface area contributed by atoms with Gasteiger partial charge in [0.15, 0.2) is 10.6 Å². The lowest BCUT2D eigenvalue weighted by Crippen LogP contribution is -2.29. The molecule has 0 fully saturated rings. The quantitative estimate of drug-likeness (QED) is 0.550. The smallest absolute Gasteiger partial charge is 0.416 e. The zero-order valence-electron chi connectivity index (χ0n) is 16.0. The number of amides is 1.